The summed E-state index contributed by atoms with van der Waals surface area (Å²) in [6.07, 6.45) is 1.39. The minimum atomic E-state index is -3.60. The number of hydrogen-bond donors (Lipinski definition) is 1. The topological polar surface area (TPSA) is 66.5 Å². The molecule has 24 heavy (non-hydrogen) atoms. The summed E-state index contributed by atoms with van der Waals surface area (Å²) in [5.74, 6) is -0.0272. The van der Waals surface area contributed by atoms with Crippen molar-refractivity contribution in [3.63, 3.8) is 0 Å². The maximum atomic E-state index is 12.7. The Balaban J connectivity index is 2.09. The number of carbonyl (C=O) groups excluding carboxylic acids is 1. The van der Waals surface area contributed by atoms with Gasteiger partial charge in [0, 0.05) is 24.2 Å². The number of rotatable bonds is 5. The first-order valence-corrected chi connectivity index (χ1v) is 10.1. The summed E-state index contributed by atoms with van der Waals surface area (Å²) in [5.41, 5.74) is 0. The number of nitrogens with one attached hydrogen (secondary N) is 1. The molecule has 1 aromatic rings. The van der Waals surface area contributed by atoms with E-state index >= 15 is 0 Å². The van der Waals surface area contributed by atoms with Crippen LogP contribution >= 0.6 is 11.6 Å². The van der Waals surface area contributed by atoms with Gasteiger partial charge < -0.3 is 5.32 Å². The van der Waals surface area contributed by atoms with Crippen LogP contribution in [-0.4, -0.2) is 37.8 Å². The molecule has 1 amide bonds. The molecular weight excluding hydrogens is 348 g/mol. The zero-order chi connectivity index (χ0) is 17.9. The van der Waals surface area contributed by atoms with Crippen molar-refractivity contribution in [3.05, 3.63) is 29.3 Å². The molecule has 5 nitrogen and oxygen atoms in total. The molecule has 1 aliphatic heterocycles. The Bertz CT molecular complexity index is 674. The van der Waals surface area contributed by atoms with Gasteiger partial charge in [-0.1, -0.05) is 25.4 Å². The molecule has 2 rings (SSSR count). The van der Waals surface area contributed by atoms with Gasteiger partial charge in [-0.05, 0) is 49.9 Å². The normalized spacial score (nSPS) is 20.8. The van der Waals surface area contributed by atoms with Gasteiger partial charge in [-0.25, -0.2) is 8.42 Å². The van der Waals surface area contributed by atoms with Crippen LogP contribution in [0.15, 0.2) is 29.2 Å². The van der Waals surface area contributed by atoms with Crippen LogP contribution in [0.3, 0.4) is 0 Å². The lowest BCUT2D eigenvalue weighted by Gasteiger charge is -2.32. The Morgan fingerprint density at radius 3 is 2.46 bits per heavy atom. The third-order valence-corrected chi connectivity index (χ3v) is 6.71. The molecule has 0 unspecified atom stereocenters. The van der Waals surface area contributed by atoms with Crippen molar-refractivity contribution >= 4 is 27.5 Å². The largest absolute Gasteiger partial charge is 0.353 e. The minimum absolute atomic E-state index is 0.0628. The first-order valence-electron chi connectivity index (χ1n) is 8.28. The molecule has 1 heterocycles. The van der Waals surface area contributed by atoms with Gasteiger partial charge >= 0.3 is 0 Å². The Morgan fingerprint density at radius 1 is 1.25 bits per heavy atom. The predicted molar refractivity (Wildman–Crippen MR) is 95.4 cm³/mol. The number of nitrogens with zero attached hydrogens (tertiary/aromatic N) is 1. The summed E-state index contributed by atoms with van der Waals surface area (Å²) in [6.45, 7) is 6.72. The standard InChI is InChI=1S/C17H25ClN2O3S/c1-12(2)13(3)19-17(21)14-5-4-10-20(11-14)24(22,23)16-8-6-15(18)7-9-16/h6-9,12-14H,4-5,10-11H2,1-3H3,(H,19,21)/t13-,14-/m1/s1. The van der Waals surface area contributed by atoms with Crippen LogP contribution in [0.1, 0.15) is 33.6 Å². The van der Waals surface area contributed by atoms with E-state index in [0.717, 1.165) is 0 Å². The maximum absolute atomic E-state index is 12.7. The molecule has 0 saturated carbocycles. The lowest BCUT2D eigenvalue weighted by Crippen LogP contribution is -2.47. The molecule has 0 bridgehead atoms. The van der Waals surface area contributed by atoms with Crippen molar-refractivity contribution in [3.8, 4) is 0 Å². The minimum Gasteiger partial charge on any atom is -0.353 e. The van der Waals surface area contributed by atoms with E-state index in [0.29, 0.717) is 30.3 Å². The average molecular weight is 373 g/mol. The lowest BCUT2D eigenvalue weighted by molar-refractivity contribution is -0.127. The highest BCUT2D eigenvalue weighted by Crippen LogP contribution is 2.25. The van der Waals surface area contributed by atoms with Crippen LogP contribution in [0, 0.1) is 11.8 Å². The third-order valence-electron chi connectivity index (χ3n) is 4.58. The number of halogens is 1. The predicted octanol–water partition coefficient (Wildman–Crippen LogP) is 2.90. The zero-order valence-electron chi connectivity index (χ0n) is 14.3. The van der Waals surface area contributed by atoms with Crippen LogP contribution in [-0.2, 0) is 14.8 Å². The van der Waals surface area contributed by atoms with Gasteiger partial charge in [0.25, 0.3) is 0 Å². The molecule has 2 atom stereocenters. The van der Waals surface area contributed by atoms with Crippen molar-refractivity contribution in [1.82, 2.24) is 9.62 Å². The van der Waals surface area contributed by atoms with Gasteiger partial charge in [0.2, 0.25) is 15.9 Å². The molecule has 0 aliphatic carbocycles. The van der Waals surface area contributed by atoms with Gasteiger partial charge in [-0.15, -0.1) is 0 Å². The van der Waals surface area contributed by atoms with E-state index in [4.69, 9.17) is 11.6 Å². The second kappa shape index (κ2) is 7.85. The van der Waals surface area contributed by atoms with Crippen LogP contribution in [0.25, 0.3) is 0 Å². The van der Waals surface area contributed by atoms with Crippen LogP contribution < -0.4 is 5.32 Å². The average Bonchev–Trinajstić information content (AvgIpc) is 2.55. The molecule has 134 valence electrons. The summed E-state index contributed by atoms with van der Waals surface area (Å²) in [5, 5.41) is 3.48. The van der Waals surface area contributed by atoms with Gasteiger partial charge in [-0.2, -0.15) is 4.31 Å². The lowest BCUT2D eigenvalue weighted by atomic mass is 9.97. The number of benzene rings is 1. The van der Waals surface area contributed by atoms with E-state index in [1.807, 2.05) is 20.8 Å². The van der Waals surface area contributed by atoms with E-state index in [1.165, 1.54) is 16.4 Å². The molecule has 1 aliphatic rings. The fraction of sp³-hybridized carbons (Fsp3) is 0.588. The van der Waals surface area contributed by atoms with Crippen molar-refractivity contribution < 1.29 is 13.2 Å². The molecule has 1 N–H and O–H groups in total. The maximum Gasteiger partial charge on any atom is 0.243 e. The van der Waals surface area contributed by atoms with E-state index in [-0.39, 0.29) is 29.3 Å². The first-order chi connectivity index (χ1) is 11.2. The van der Waals surface area contributed by atoms with Gasteiger partial charge in [-0.3, -0.25) is 4.79 Å². The number of piperidine rings is 1. The van der Waals surface area contributed by atoms with Crippen molar-refractivity contribution in [1.29, 1.82) is 0 Å². The van der Waals surface area contributed by atoms with Gasteiger partial charge in [0.15, 0.2) is 0 Å². The summed E-state index contributed by atoms with van der Waals surface area (Å²) >= 11 is 5.82. The van der Waals surface area contributed by atoms with Crippen LogP contribution in [0.4, 0.5) is 0 Å². The molecule has 1 fully saturated rings. The Morgan fingerprint density at radius 2 is 1.88 bits per heavy atom. The quantitative estimate of drug-likeness (QED) is 0.864. The number of sulfonamides is 1. The highest BCUT2D eigenvalue weighted by molar-refractivity contribution is 7.89. The monoisotopic (exact) mass is 372 g/mol. The summed E-state index contributed by atoms with van der Waals surface area (Å²) in [6, 6.07) is 6.20. The first kappa shape index (κ1) is 19.2. The number of carbonyl (C=O) groups is 1. The van der Waals surface area contributed by atoms with Crippen molar-refractivity contribution in [2.45, 2.75) is 44.6 Å². The van der Waals surface area contributed by atoms with Crippen LogP contribution in [0.5, 0.6) is 0 Å². The molecule has 1 aromatic carbocycles. The molecule has 0 aromatic heterocycles. The zero-order valence-corrected chi connectivity index (χ0v) is 15.9. The summed E-state index contributed by atoms with van der Waals surface area (Å²) in [4.78, 5) is 12.6. The van der Waals surface area contributed by atoms with Gasteiger partial charge in [0.05, 0.1) is 10.8 Å². The molecule has 7 heteroatoms. The summed E-state index contributed by atoms with van der Waals surface area (Å²) in [7, 11) is -3.60. The Labute approximate surface area is 149 Å². The molecular formula is C17H25ClN2O3S. The third kappa shape index (κ3) is 4.49. The smallest absolute Gasteiger partial charge is 0.243 e. The van der Waals surface area contributed by atoms with Gasteiger partial charge in [0.1, 0.15) is 0 Å². The highest BCUT2D eigenvalue weighted by atomic mass is 35.5. The van der Waals surface area contributed by atoms with Crippen molar-refractivity contribution in [2.24, 2.45) is 11.8 Å². The Hall–Kier alpha value is -1.11. The highest BCUT2D eigenvalue weighted by Gasteiger charge is 2.33. The van der Waals surface area contributed by atoms with Crippen LogP contribution in [0.2, 0.25) is 5.02 Å². The SMILES string of the molecule is CC(C)[C@@H](C)NC(=O)[C@@H]1CCCN(S(=O)(=O)c2ccc(Cl)cc2)C1. The number of hydrogen-bond acceptors (Lipinski definition) is 3. The second-order valence-corrected chi connectivity index (χ2v) is 9.07. The van der Waals surface area contributed by atoms with E-state index in [1.54, 1.807) is 12.1 Å². The second-order valence-electron chi connectivity index (χ2n) is 6.70. The Kier molecular flexibility index (Phi) is 6.28. The number of amides is 1. The fourth-order valence-electron chi connectivity index (χ4n) is 2.64. The molecule has 0 radical (unpaired) electrons. The molecule has 1 saturated heterocycles. The van der Waals surface area contributed by atoms with Crippen molar-refractivity contribution in [2.75, 3.05) is 13.1 Å². The fourth-order valence-corrected chi connectivity index (χ4v) is 4.29. The summed E-state index contributed by atoms with van der Waals surface area (Å²) < 4.78 is 26.9. The van der Waals surface area contributed by atoms with E-state index < -0.39 is 10.0 Å². The van der Waals surface area contributed by atoms with E-state index in [2.05, 4.69) is 5.32 Å². The molecule has 0 spiro atoms. The van der Waals surface area contributed by atoms with E-state index in [9.17, 15) is 13.2 Å².